The van der Waals surface area contributed by atoms with Crippen molar-refractivity contribution in [1.82, 2.24) is 4.90 Å². The highest BCUT2D eigenvalue weighted by Crippen LogP contribution is 2.38. The summed E-state index contributed by atoms with van der Waals surface area (Å²) in [5.41, 5.74) is 3.29. The first-order chi connectivity index (χ1) is 14.9. The molecule has 0 aromatic heterocycles. The number of nitrogens with zero attached hydrogens (tertiary/aromatic N) is 1. The van der Waals surface area contributed by atoms with Crippen molar-refractivity contribution < 1.29 is 24.2 Å². The third kappa shape index (κ3) is 4.44. The van der Waals surface area contributed by atoms with Gasteiger partial charge in [0.2, 0.25) is 0 Å². The fourth-order valence-corrected chi connectivity index (χ4v) is 4.90. The van der Waals surface area contributed by atoms with Gasteiger partial charge in [0.05, 0.1) is 18.8 Å². The molecule has 0 radical (unpaired) electrons. The second-order valence-corrected chi connectivity index (χ2v) is 8.76. The number of benzene rings is 2. The number of hydrogen-bond acceptors (Lipinski definition) is 5. The van der Waals surface area contributed by atoms with Crippen molar-refractivity contribution in [3.8, 4) is 5.75 Å². The van der Waals surface area contributed by atoms with Gasteiger partial charge in [-0.05, 0) is 68.4 Å². The molecule has 1 saturated heterocycles. The maximum absolute atomic E-state index is 13.1. The van der Waals surface area contributed by atoms with Crippen molar-refractivity contribution in [2.75, 3.05) is 20.2 Å². The highest BCUT2D eigenvalue weighted by atomic mass is 16.5. The molecule has 1 aliphatic heterocycles. The average Bonchev–Trinajstić information content (AvgIpc) is 3.16. The monoisotopic (exact) mass is 423 g/mol. The van der Waals surface area contributed by atoms with Gasteiger partial charge in [0, 0.05) is 18.7 Å². The van der Waals surface area contributed by atoms with Gasteiger partial charge < -0.3 is 19.5 Å². The number of carbonyl (C=O) groups is 2. The van der Waals surface area contributed by atoms with E-state index in [4.69, 9.17) is 9.47 Å². The molecular weight excluding hydrogens is 394 g/mol. The second kappa shape index (κ2) is 8.71. The molecule has 164 valence electrons. The van der Waals surface area contributed by atoms with Gasteiger partial charge in [-0.1, -0.05) is 23.8 Å². The van der Waals surface area contributed by atoms with E-state index in [0.29, 0.717) is 37.2 Å². The molecule has 4 rings (SSSR count). The summed E-state index contributed by atoms with van der Waals surface area (Å²) in [7, 11) is 1.34. The third-order valence-corrected chi connectivity index (χ3v) is 6.53. The Morgan fingerprint density at radius 1 is 1.03 bits per heavy atom. The van der Waals surface area contributed by atoms with Crippen LogP contribution >= 0.6 is 0 Å². The molecule has 2 aromatic carbocycles. The van der Waals surface area contributed by atoms with Gasteiger partial charge in [-0.2, -0.15) is 0 Å². The van der Waals surface area contributed by atoms with Crippen LogP contribution in [0.15, 0.2) is 42.5 Å². The molecule has 6 nitrogen and oxygen atoms in total. The highest BCUT2D eigenvalue weighted by molar-refractivity contribution is 5.96. The summed E-state index contributed by atoms with van der Waals surface area (Å²) in [6.45, 7) is 5.33. The predicted molar refractivity (Wildman–Crippen MR) is 116 cm³/mol. The van der Waals surface area contributed by atoms with Gasteiger partial charge in [-0.25, -0.2) is 4.79 Å². The molecule has 1 aliphatic carbocycles. The van der Waals surface area contributed by atoms with Crippen LogP contribution in [-0.2, 0) is 4.74 Å². The fraction of sp³-hybridized carbons (Fsp3) is 0.440. The number of rotatable bonds is 4. The maximum atomic E-state index is 13.1. The number of likely N-dealkylation sites (tertiary alicyclic amines) is 1. The molecule has 0 bridgehead atoms. The van der Waals surface area contributed by atoms with Crippen LogP contribution < -0.4 is 4.74 Å². The molecule has 2 fully saturated rings. The zero-order valence-electron chi connectivity index (χ0n) is 18.2. The van der Waals surface area contributed by atoms with Crippen LogP contribution in [0.1, 0.15) is 44.7 Å². The van der Waals surface area contributed by atoms with Gasteiger partial charge in [0.25, 0.3) is 5.91 Å². The normalized spacial score (nSPS) is 25.1. The SMILES string of the molecule is COC(=O)c1cccc(O[C@@H]2C[C@@H]3CN(C(=O)c4ccc(C)cc4C)C[C@@H]3C[C@H]2O)c1. The Hall–Kier alpha value is -2.86. The molecule has 0 spiro atoms. The molecule has 2 aromatic rings. The van der Waals surface area contributed by atoms with Crippen LogP contribution in [0.25, 0.3) is 0 Å². The van der Waals surface area contributed by atoms with Gasteiger partial charge in [0.1, 0.15) is 11.9 Å². The summed E-state index contributed by atoms with van der Waals surface area (Å²) in [6.07, 6.45) is 0.290. The fourth-order valence-electron chi connectivity index (χ4n) is 4.90. The van der Waals surface area contributed by atoms with E-state index >= 15 is 0 Å². The third-order valence-electron chi connectivity index (χ3n) is 6.53. The number of esters is 1. The molecule has 6 heteroatoms. The molecule has 1 saturated carbocycles. The lowest BCUT2D eigenvalue weighted by atomic mass is 9.78. The van der Waals surface area contributed by atoms with Crippen molar-refractivity contribution in [2.24, 2.45) is 11.8 Å². The molecule has 31 heavy (non-hydrogen) atoms. The van der Waals surface area contributed by atoms with Gasteiger partial charge in [0.15, 0.2) is 0 Å². The highest BCUT2D eigenvalue weighted by Gasteiger charge is 2.44. The van der Waals surface area contributed by atoms with Crippen molar-refractivity contribution >= 4 is 11.9 Å². The molecule has 2 aliphatic rings. The van der Waals surface area contributed by atoms with Crippen LogP contribution in [-0.4, -0.2) is 54.3 Å². The zero-order chi connectivity index (χ0) is 22.1. The van der Waals surface area contributed by atoms with Crippen LogP contribution in [0.3, 0.4) is 0 Å². The summed E-state index contributed by atoms with van der Waals surface area (Å²) in [6, 6.07) is 12.7. The standard InChI is InChI=1S/C25H29NO5/c1-15-7-8-21(16(2)9-15)24(28)26-13-18-11-22(27)23(12-19(18)14-26)31-20-6-4-5-17(10-20)25(29)30-3/h4-10,18-19,22-23,27H,11-14H2,1-3H3/t18-,19+,22+,23+/m0/s1. The van der Waals surface area contributed by atoms with Crippen LogP contribution in [0.5, 0.6) is 5.75 Å². The number of aliphatic hydroxyl groups excluding tert-OH is 1. The lowest BCUT2D eigenvalue weighted by Crippen LogP contribution is -2.42. The van der Waals surface area contributed by atoms with Crippen LogP contribution in [0, 0.1) is 25.7 Å². The quantitative estimate of drug-likeness (QED) is 0.763. The van der Waals surface area contributed by atoms with Crippen LogP contribution in [0.4, 0.5) is 0 Å². The number of hydrogen-bond donors (Lipinski definition) is 1. The number of fused-ring (bicyclic) bond motifs is 1. The van der Waals surface area contributed by atoms with Crippen molar-refractivity contribution in [3.05, 3.63) is 64.7 Å². The lowest BCUT2D eigenvalue weighted by Gasteiger charge is -2.35. The Kier molecular flexibility index (Phi) is 6.01. The second-order valence-electron chi connectivity index (χ2n) is 8.76. The molecule has 1 heterocycles. The average molecular weight is 424 g/mol. The van der Waals surface area contributed by atoms with E-state index in [9.17, 15) is 14.7 Å². The molecule has 4 atom stereocenters. The number of carbonyl (C=O) groups excluding carboxylic acids is 2. The zero-order valence-corrected chi connectivity index (χ0v) is 18.2. The minimum Gasteiger partial charge on any atom is -0.488 e. The van der Waals surface area contributed by atoms with Crippen molar-refractivity contribution in [1.29, 1.82) is 0 Å². The van der Waals surface area contributed by atoms with E-state index in [2.05, 4.69) is 0 Å². The van der Waals surface area contributed by atoms with E-state index in [0.717, 1.165) is 16.7 Å². The first-order valence-corrected chi connectivity index (χ1v) is 10.8. The largest absolute Gasteiger partial charge is 0.488 e. The lowest BCUT2D eigenvalue weighted by molar-refractivity contribution is -0.0231. The molecule has 1 N–H and O–H groups in total. The number of aliphatic hydroxyl groups is 1. The molecule has 1 amide bonds. The number of amides is 1. The Labute approximate surface area is 182 Å². The predicted octanol–water partition coefficient (Wildman–Crippen LogP) is 3.38. The Balaban J connectivity index is 1.43. The minimum absolute atomic E-state index is 0.0598. The van der Waals surface area contributed by atoms with E-state index < -0.39 is 12.1 Å². The van der Waals surface area contributed by atoms with Crippen molar-refractivity contribution in [2.45, 2.75) is 38.9 Å². The van der Waals surface area contributed by atoms with Gasteiger partial charge in [-0.3, -0.25) is 4.79 Å². The van der Waals surface area contributed by atoms with Gasteiger partial charge >= 0.3 is 5.97 Å². The Bertz CT molecular complexity index is 988. The Morgan fingerprint density at radius 3 is 2.48 bits per heavy atom. The first kappa shape index (κ1) is 21.4. The van der Waals surface area contributed by atoms with Gasteiger partial charge in [-0.15, -0.1) is 0 Å². The van der Waals surface area contributed by atoms with E-state index in [1.807, 2.05) is 36.9 Å². The van der Waals surface area contributed by atoms with E-state index in [1.165, 1.54) is 7.11 Å². The van der Waals surface area contributed by atoms with Crippen LogP contribution in [0.2, 0.25) is 0 Å². The smallest absolute Gasteiger partial charge is 0.337 e. The molecule has 0 unspecified atom stereocenters. The molecular formula is C25H29NO5. The summed E-state index contributed by atoms with van der Waals surface area (Å²) in [5, 5.41) is 10.7. The summed E-state index contributed by atoms with van der Waals surface area (Å²) < 4.78 is 10.8. The Morgan fingerprint density at radius 2 is 1.77 bits per heavy atom. The summed E-state index contributed by atoms with van der Waals surface area (Å²) in [5.74, 6) is 0.722. The number of ether oxygens (including phenoxy) is 2. The number of aryl methyl sites for hydroxylation is 2. The maximum Gasteiger partial charge on any atom is 0.337 e. The summed E-state index contributed by atoms with van der Waals surface area (Å²) >= 11 is 0. The first-order valence-electron chi connectivity index (χ1n) is 10.8. The van der Waals surface area contributed by atoms with Crippen molar-refractivity contribution in [3.63, 3.8) is 0 Å². The number of methoxy groups -OCH3 is 1. The van der Waals surface area contributed by atoms with E-state index in [-0.39, 0.29) is 23.8 Å². The van der Waals surface area contributed by atoms with E-state index in [1.54, 1.807) is 24.3 Å². The summed E-state index contributed by atoms with van der Waals surface area (Å²) in [4.78, 5) is 26.8. The minimum atomic E-state index is -0.612. The topological polar surface area (TPSA) is 76.1 Å².